The van der Waals surface area contributed by atoms with Crippen LogP contribution in [0.25, 0.3) is 11.0 Å². The summed E-state index contributed by atoms with van der Waals surface area (Å²) in [4.78, 5) is 8.48. The molecule has 2 aromatic heterocycles. The van der Waals surface area contributed by atoms with Crippen LogP contribution in [-0.2, 0) is 23.6 Å². The first-order chi connectivity index (χ1) is 13.8. The number of benzene rings is 2. The van der Waals surface area contributed by atoms with Crippen LogP contribution in [0.5, 0.6) is 0 Å². The average Bonchev–Trinajstić information content (AvgIpc) is 3.26. The first-order valence-electron chi connectivity index (χ1n) is 9.01. The summed E-state index contributed by atoms with van der Waals surface area (Å²) in [5.74, 6) is 0.202. The van der Waals surface area contributed by atoms with Crippen molar-refractivity contribution in [2.45, 2.75) is 24.5 Å². The van der Waals surface area contributed by atoms with Gasteiger partial charge in [0.25, 0.3) is 10.0 Å². The summed E-state index contributed by atoms with van der Waals surface area (Å²) in [5, 5.41) is -0.0555. The summed E-state index contributed by atoms with van der Waals surface area (Å²) in [6.45, 7) is 2.02. The molecule has 0 aliphatic heterocycles. The van der Waals surface area contributed by atoms with Crippen LogP contribution in [0.15, 0.2) is 66.1 Å². The Hall–Kier alpha value is -3.04. The van der Waals surface area contributed by atoms with Crippen molar-refractivity contribution in [3.8, 4) is 0 Å². The Morgan fingerprint density at radius 1 is 1.14 bits per heavy atom. The number of nitrogens with one attached hydrogen (secondary N) is 1. The minimum Gasteiger partial charge on any atom is -0.337 e. The smallest absolute Gasteiger partial charge is 0.260 e. The van der Waals surface area contributed by atoms with E-state index in [-0.39, 0.29) is 17.4 Å². The number of fused-ring (bicyclic) bond motifs is 1. The van der Waals surface area contributed by atoms with Crippen molar-refractivity contribution in [2.24, 2.45) is 7.05 Å². The van der Waals surface area contributed by atoms with Gasteiger partial charge in [0.2, 0.25) is 0 Å². The lowest BCUT2D eigenvalue weighted by molar-refractivity contribution is 0.513. The third-order valence-corrected chi connectivity index (χ3v) is 6.18. The van der Waals surface area contributed by atoms with Crippen LogP contribution >= 0.6 is 0 Å². The highest BCUT2D eigenvalue weighted by molar-refractivity contribution is 7.89. The number of aromatic nitrogens is 4. The Kier molecular flexibility index (Phi) is 4.93. The molecule has 0 aliphatic rings. The number of aryl methyl sites for hydroxylation is 2. The van der Waals surface area contributed by atoms with E-state index in [1.54, 1.807) is 37.0 Å². The molecule has 0 saturated carbocycles. The fraction of sp³-hybridized carbons (Fsp3) is 0.200. The van der Waals surface area contributed by atoms with E-state index in [4.69, 9.17) is 0 Å². The minimum absolute atomic E-state index is 0.0555. The SMILES string of the molecule is Cc1nc(S(=O)(=O)NC(Cn2cnc3ccccc32)c2ccc(F)cc2)cn1C. The maximum atomic E-state index is 13.4. The molecule has 4 rings (SSSR count). The minimum atomic E-state index is -3.89. The summed E-state index contributed by atoms with van der Waals surface area (Å²) in [6, 6.07) is 12.7. The molecule has 29 heavy (non-hydrogen) atoms. The normalized spacial score (nSPS) is 13.1. The molecule has 9 heteroatoms. The molecule has 2 heterocycles. The molecule has 0 fully saturated rings. The Balaban J connectivity index is 1.71. The number of hydrogen-bond donors (Lipinski definition) is 1. The van der Waals surface area contributed by atoms with Gasteiger partial charge >= 0.3 is 0 Å². The van der Waals surface area contributed by atoms with Gasteiger partial charge < -0.3 is 9.13 Å². The van der Waals surface area contributed by atoms with Gasteiger partial charge in [-0.3, -0.25) is 0 Å². The zero-order chi connectivity index (χ0) is 20.6. The summed E-state index contributed by atoms with van der Waals surface area (Å²) in [7, 11) is -2.15. The lowest BCUT2D eigenvalue weighted by Crippen LogP contribution is -2.31. The van der Waals surface area contributed by atoms with Gasteiger partial charge in [0.15, 0.2) is 5.03 Å². The summed E-state index contributed by atoms with van der Waals surface area (Å²) < 4.78 is 45.6. The van der Waals surface area contributed by atoms with Crippen molar-refractivity contribution < 1.29 is 12.8 Å². The highest BCUT2D eigenvalue weighted by Crippen LogP contribution is 2.22. The van der Waals surface area contributed by atoms with Gasteiger partial charge in [0.05, 0.1) is 23.4 Å². The first-order valence-corrected chi connectivity index (χ1v) is 10.5. The van der Waals surface area contributed by atoms with Crippen LogP contribution in [0.1, 0.15) is 17.4 Å². The number of nitrogens with zero attached hydrogens (tertiary/aromatic N) is 4. The Morgan fingerprint density at radius 3 is 2.55 bits per heavy atom. The lowest BCUT2D eigenvalue weighted by atomic mass is 10.1. The second kappa shape index (κ2) is 7.41. The topological polar surface area (TPSA) is 81.8 Å². The molecule has 4 aromatic rings. The molecule has 0 radical (unpaired) electrons. The molecule has 150 valence electrons. The molecule has 0 aliphatic carbocycles. The molecule has 0 amide bonds. The van der Waals surface area contributed by atoms with E-state index < -0.39 is 16.1 Å². The van der Waals surface area contributed by atoms with E-state index >= 15 is 0 Å². The monoisotopic (exact) mass is 413 g/mol. The van der Waals surface area contributed by atoms with E-state index in [0.717, 1.165) is 11.0 Å². The molecule has 0 spiro atoms. The Labute approximate surface area is 167 Å². The summed E-state index contributed by atoms with van der Waals surface area (Å²) in [6.07, 6.45) is 3.13. The molecular weight excluding hydrogens is 393 g/mol. The fourth-order valence-electron chi connectivity index (χ4n) is 3.16. The summed E-state index contributed by atoms with van der Waals surface area (Å²) >= 11 is 0. The van der Waals surface area contributed by atoms with Crippen LogP contribution in [0.3, 0.4) is 0 Å². The van der Waals surface area contributed by atoms with Crippen LogP contribution in [0.2, 0.25) is 0 Å². The molecule has 1 N–H and O–H groups in total. The van der Waals surface area contributed by atoms with Gasteiger partial charge in [-0.1, -0.05) is 24.3 Å². The van der Waals surface area contributed by atoms with Gasteiger partial charge in [-0.25, -0.2) is 27.5 Å². The fourth-order valence-corrected chi connectivity index (χ4v) is 4.42. The largest absolute Gasteiger partial charge is 0.337 e. The average molecular weight is 413 g/mol. The van der Waals surface area contributed by atoms with Crippen molar-refractivity contribution in [1.82, 2.24) is 23.8 Å². The predicted octanol–water partition coefficient (Wildman–Crippen LogP) is 2.94. The van der Waals surface area contributed by atoms with Crippen molar-refractivity contribution in [3.63, 3.8) is 0 Å². The van der Waals surface area contributed by atoms with Crippen molar-refractivity contribution in [3.05, 3.63) is 78.3 Å². The number of sulfonamides is 1. The van der Waals surface area contributed by atoms with Gasteiger partial charge in [-0.05, 0) is 36.8 Å². The van der Waals surface area contributed by atoms with E-state index in [9.17, 15) is 12.8 Å². The van der Waals surface area contributed by atoms with Crippen LogP contribution in [0, 0.1) is 12.7 Å². The standard InChI is InChI=1S/C20H20FN5O2S/c1-14-23-20(12-25(14)2)29(27,28)24-18(15-7-9-16(21)10-8-15)11-26-13-22-17-5-3-4-6-19(17)26/h3-10,12-13,18,24H,11H2,1-2H3. The Morgan fingerprint density at radius 2 is 1.86 bits per heavy atom. The molecular formula is C20H20FN5O2S. The van der Waals surface area contributed by atoms with Crippen LogP contribution in [0.4, 0.5) is 4.39 Å². The molecule has 0 bridgehead atoms. The van der Waals surface area contributed by atoms with Crippen LogP contribution < -0.4 is 4.72 Å². The number of rotatable bonds is 6. The van der Waals surface area contributed by atoms with Gasteiger partial charge in [-0.2, -0.15) is 0 Å². The quantitative estimate of drug-likeness (QED) is 0.527. The maximum Gasteiger partial charge on any atom is 0.260 e. The number of hydrogen-bond acceptors (Lipinski definition) is 4. The molecule has 1 unspecified atom stereocenters. The maximum absolute atomic E-state index is 13.4. The Bertz CT molecular complexity index is 1240. The lowest BCUT2D eigenvalue weighted by Gasteiger charge is -2.20. The van der Waals surface area contributed by atoms with E-state index in [1.807, 2.05) is 28.8 Å². The van der Waals surface area contributed by atoms with Gasteiger partial charge in [0, 0.05) is 19.8 Å². The first kappa shape index (κ1) is 19.3. The van der Waals surface area contributed by atoms with Crippen LogP contribution in [-0.4, -0.2) is 27.5 Å². The second-order valence-electron chi connectivity index (χ2n) is 6.85. The van der Waals surface area contributed by atoms with E-state index in [1.165, 1.54) is 18.3 Å². The van der Waals surface area contributed by atoms with Gasteiger partial charge in [0.1, 0.15) is 11.6 Å². The van der Waals surface area contributed by atoms with Crippen molar-refractivity contribution >= 4 is 21.1 Å². The molecule has 0 saturated heterocycles. The number of halogens is 1. The third kappa shape index (κ3) is 3.92. The predicted molar refractivity (Wildman–Crippen MR) is 107 cm³/mol. The number of imidazole rings is 2. The van der Waals surface area contributed by atoms with E-state index in [2.05, 4.69) is 14.7 Å². The molecule has 1 atom stereocenters. The third-order valence-electron chi connectivity index (χ3n) is 4.84. The molecule has 2 aromatic carbocycles. The molecule has 7 nitrogen and oxygen atoms in total. The summed E-state index contributed by atoms with van der Waals surface area (Å²) in [5.41, 5.74) is 2.33. The highest BCUT2D eigenvalue weighted by atomic mass is 32.2. The van der Waals surface area contributed by atoms with Crippen molar-refractivity contribution in [2.75, 3.05) is 0 Å². The zero-order valence-electron chi connectivity index (χ0n) is 15.9. The number of para-hydroxylation sites is 2. The van der Waals surface area contributed by atoms with E-state index in [0.29, 0.717) is 11.4 Å². The second-order valence-corrected chi connectivity index (χ2v) is 8.51. The highest BCUT2D eigenvalue weighted by Gasteiger charge is 2.25. The zero-order valence-corrected chi connectivity index (χ0v) is 16.8. The van der Waals surface area contributed by atoms with Gasteiger partial charge in [-0.15, -0.1) is 0 Å². The van der Waals surface area contributed by atoms with Crippen molar-refractivity contribution in [1.29, 1.82) is 0 Å².